The number of fused-ring (bicyclic) bond motifs is 2. The van der Waals surface area contributed by atoms with Crippen molar-refractivity contribution < 1.29 is 13.9 Å². The molecule has 2 aromatic heterocycles. The highest BCUT2D eigenvalue weighted by Crippen LogP contribution is 2.34. The predicted octanol–water partition coefficient (Wildman–Crippen LogP) is 5.14. The number of carbonyl (C=O) groups excluding carboxylic acids is 1. The summed E-state index contributed by atoms with van der Waals surface area (Å²) in [6, 6.07) is 11.9. The van der Waals surface area contributed by atoms with Crippen molar-refractivity contribution in [2.75, 3.05) is 31.2 Å². The van der Waals surface area contributed by atoms with E-state index in [9.17, 15) is 9.18 Å². The maximum absolute atomic E-state index is 13.7. The zero-order chi connectivity index (χ0) is 24.8. The van der Waals surface area contributed by atoms with E-state index in [2.05, 4.69) is 10.2 Å². The second kappa shape index (κ2) is 9.50. The van der Waals surface area contributed by atoms with Crippen LogP contribution in [0.25, 0.3) is 27.8 Å². The average Bonchev–Trinajstić information content (AvgIpc) is 3.52. The zero-order valence-electron chi connectivity index (χ0n) is 19.4. The van der Waals surface area contributed by atoms with Crippen molar-refractivity contribution in [3.8, 4) is 5.82 Å². The van der Waals surface area contributed by atoms with Gasteiger partial charge in [-0.1, -0.05) is 23.2 Å². The fraction of sp³-hybridized carbons (Fsp3) is 0.346. The van der Waals surface area contributed by atoms with Gasteiger partial charge in [-0.2, -0.15) is 0 Å². The number of ether oxygens (including phenoxy) is 1. The van der Waals surface area contributed by atoms with Gasteiger partial charge in [0.25, 0.3) is 0 Å². The van der Waals surface area contributed by atoms with Crippen LogP contribution in [0, 0.1) is 11.7 Å². The molecule has 2 saturated heterocycles. The molecule has 7 nitrogen and oxygen atoms in total. The van der Waals surface area contributed by atoms with Gasteiger partial charge in [-0.05, 0) is 61.7 Å². The first-order valence-corrected chi connectivity index (χ1v) is 12.8. The first-order valence-electron chi connectivity index (χ1n) is 12.0. The van der Waals surface area contributed by atoms with E-state index >= 15 is 0 Å². The fourth-order valence-electron chi connectivity index (χ4n) is 5.02. The molecule has 2 aliphatic rings. The van der Waals surface area contributed by atoms with Crippen molar-refractivity contribution in [3.63, 3.8) is 0 Å². The summed E-state index contributed by atoms with van der Waals surface area (Å²) in [5.74, 6) is 1.10. The number of benzene rings is 2. The third kappa shape index (κ3) is 4.38. The van der Waals surface area contributed by atoms with Crippen molar-refractivity contribution in [1.29, 1.82) is 0 Å². The average molecular weight is 528 g/mol. The van der Waals surface area contributed by atoms with E-state index in [1.807, 2.05) is 16.7 Å². The Morgan fingerprint density at radius 3 is 2.58 bits per heavy atom. The van der Waals surface area contributed by atoms with Crippen LogP contribution >= 0.6 is 23.2 Å². The van der Waals surface area contributed by atoms with Crippen LogP contribution in [0.2, 0.25) is 10.0 Å². The Kier molecular flexibility index (Phi) is 6.19. The van der Waals surface area contributed by atoms with Crippen LogP contribution < -0.4 is 10.2 Å². The largest absolute Gasteiger partial charge is 0.379 e. The number of rotatable bonds is 4. The molecule has 186 valence electrons. The predicted molar refractivity (Wildman–Crippen MR) is 139 cm³/mol. The molecule has 36 heavy (non-hydrogen) atoms. The van der Waals surface area contributed by atoms with Crippen LogP contribution in [0.3, 0.4) is 0 Å². The van der Waals surface area contributed by atoms with Crippen LogP contribution in [0.5, 0.6) is 0 Å². The Morgan fingerprint density at radius 2 is 1.81 bits per heavy atom. The number of amides is 1. The highest BCUT2D eigenvalue weighted by molar-refractivity contribution is 6.42. The van der Waals surface area contributed by atoms with Crippen molar-refractivity contribution in [3.05, 3.63) is 58.3 Å². The van der Waals surface area contributed by atoms with Gasteiger partial charge in [-0.15, -0.1) is 0 Å². The molecule has 0 bridgehead atoms. The van der Waals surface area contributed by atoms with Gasteiger partial charge in [0.2, 0.25) is 11.9 Å². The van der Waals surface area contributed by atoms with Gasteiger partial charge in [0, 0.05) is 31.0 Å². The topological polar surface area (TPSA) is 72.3 Å². The lowest BCUT2D eigenvalue weighted by Gasteiger charge is -2.32. The minimum Gasteiger partial charge on any atom is -0.379 e. The number of aromatic nitrogens is 3. The molecule has 0 radical (unpaired) electrons. The summed E-state index contributed by atoms with van der Waals surface area (Å²) in [6.45, 7) is 2.63. The molecule has 2 aromatic carbocycles. The lowest BCUT2D eigenvalue weighted by molar-refractivity contribution is -0.126. The molecule has 1 atom stereocenters. The maximum Gasteiger partial charge on any atom is 0.223 e. The number of hydrogen-bond acceptors (Lipinski definition) is 5. The number of pyridine rings is 1. The highest BCUT2D eigenvalue weighted by Gasteiger charge is 2.30. The van der Waals surface area contributed by atoms with Crippen molar-refractivity contribution in [2.24, 2.45) is 5.92 Å². The maximum atomic E-state index is 13.7. The molecule has 10 heteroatoms. The van der Waals surface area contributed by atoms with Crippen LogP contribution in [0.1, 0.15) is 19.3 Å². The van der Waals surface area contributed by atoms with E-state index in [0.717, 1.165) is 11.9 Å². The quantitative estimate of drug-likeness (QED) is 0.397. The Bertz CT molecular complexity index is 1460. The SMILES string of the molecule is O=C(NC1CCOC1)C1CCN(c2nc3cc(Cl)c(Cl)cc3n2-c2ccc3cc(F)ccc3n2)CC1. The molecule has 1 unspecified atom stereocenters. The molecule has 2 aliphatic heterocycles. The van der Waals surface area contributed by atoms with E-state index in [-0.39, 0.29) is 23.7 Å². The number of nitrogens with one attached hydrogen (secondary N) is 1. The highest BCUT2D eigenvalue weighted by atomic mass is 35.5. The smallest absolute Gasteiger partial charge is 0.223 e. The molecule has 6 rings (SSSR count). The summed E-state index contributed by atoms with van der Waals surface area (Å²) in [5, 5.41) is 4.69. The Balaban J connectivity index is 1.33. The van der Waals surface area contributed by atoms with Gasteiger partial charge >= 0.3 is 0 Å². The summed E-state index contributed by atoms with van der Waals surface area (Å²) in [7, 11) is 0. The minimum absolute atomic E-state index is 0.0442. The number of imidazole rings is 1. The molecule has 0 spiro atoms. The Morgan fingerprint density at radius 1 is 1.00 bits per heavy atom. The van der Waals surface area contributed by atoms with E-state index in [0.29, 0.717) is 77.4 Å². The normalized spacial score (nSPS) is 18.9. The van der Waals surface area contributed by atoms with Crippen molar-refractivity contribution in [1.82, 2.24) is 19.9 Å². The van der Waals surface area contributed by atoms with E-state index < -0.39 is 0 Å². The van der Waals surface area contributed by atoms with Gasteiger partial charge in [-0.3, -0.25) is 9.36 Å². The third-order valence-corrected chi connectivity index (χ3v) is 7.69. The molecule has 0 aliphatic carbocycles. The first-order chi connectivity index (χ1) is 17.5. The van der Waals surface area contributed by atoms with Crippen LogP contribution in [-0.4, -0.2) is 52.8 Å². The summed E-state index contributed by atoms with van der Waals surface area (Å²) in [4.78, 5) is 24.6. The summed E-state index contributed by atoms with van der Waals surface area (Å²) >= 11 is 12.7. The van der Waals surface area contributed by atoms with E-state index in [4.69, 9.17) is 37.9 Å². The Labute approximate surface area is 217 Å². The molecule has 1 N–H and O–H groups in total. The molecule has 4 heterocycles. The molecule has 1 amide bonds. The number of hydrogen-bond donors (Lipinski definition) is 1. The molecular weight excluding hydrogens is 504 g/mol. The van der Waals surface area contributed by atoms with E-state index in [1.165, 1.54) is 12.1 Å². The van der Waals surface area contributed by atoms with Gasteiger partial charge in [0.15, 0.2) is 0 Å². The zero-order valence-corrected chi connectivity index (χ0v) is 20.9. The minimum atomic E-state index is -0.306. The van der Waals surface area contributed by atoms with Gasteiger partial charge in [0.1, 0.15) is 11.6 Å². The Hall–Kier alpha value is -2.94. The van der Waals surface area contributed by atoms with Crippen molar-refractivity contribution >= 4 is 57.0 Å². The first kappa shape index (κ1) is 23.5. The molecule has 2 fully saturated rings. The second-order valence-electron chi connectivity index (χ2n) is 9.34. The molecule has 4 aromatic rings. The summed E-state index contributed by atoms with van der Waals surface area (Å²) in [6.07, 6.45) is 2.30. The fourth-order valence-corrected chi connectivity index (χ4v) is 5.33. The summed E-state index contributed by atoms with van der Waals surface area (Å²) in [5.41, 5.74) is 2.14. The van der Waals surface area contributed by atoms with Crippen molar-refractivity contribution in [2.45, 2.75) is 25.3 Å². The monoisotopic (exact) mass is 527 g/mol. The standard InChI is InChI=1S/C26H24Cl2FN5O2/c27-19-12-22-23(13-20(19)28)34(24-4-1-16-11-17(29)2-3-21(16)31-24)26(32-22)33-8-5-15(6-9-33)25(35)30-18-7-10-36-14-18/h1-4,11-13,15,18H,5-10,14H2,(H,30,35). The number of nitrogens with zero attached hydrogens (tertiary/aromatic N) is 4. The van der Waals surface area contributed by atoms with Crippen LogP contribution in [0.4, 0.5) is 10.3 Å². The number of anilines is 1. The second-order valence-corrected chi connectivity index (χ2v) is 10.2. The summed E-state index contributed by atoms with van der Waals surface area (Å²) < 4.78 is 21.0. The van der Waals surface area contributed by atoms with E-state index in [1.54, 1.807) is 18.2 Å². The number of piperidine rings is 1. The van der Waals surface area contributed by atoms with Gasteiger partial charge in [-0.25, -0.2) is 14.4 Å². The number of halogens is 3. The lowest BCUT2D eigenvalue weighted by Crippen LogP contribution is -2.44. The van der Waals surface area contributed by atoms with Crippen LogP contribution in [0.15, 0.2) is 42.5 Å². The lowest BCUT2D eigenvalue weighted by atomic mass is 9.95. The third-order valence-electron chi connectivity index (χ3n) is 6.97. The van der Waals surface area contributed by atoms with Gasteiger partial charge < -0.3 is 15.0 Å². The molecule has 0 saturated carbocycles. The molecular formula is C26H24Cl2FN5O2. The van der Waals surface area contributed by atoms with Crippen LogP contribution in [-0.2, 0) is 9.53 Å². The van der Waals surface area contributed by atoms with Gasteiger partial charge in [0.05, 0.1) is 39.2 Å². The number of carbonyl (C=O) groups is 1.